The van der Waals surface area contributed by atoms with E-state index in [2.05, 4.69) is 0 Å². The van der Waals surface area contributed by atoms with Crippen LogP contribution in [-0.4, -0.2) is 16.3 Å². The number of aromatic hydroxyl groups is 1. The standard InChI is InChI=1S/C8H6FNO4/c9-6-2-1-5(3-4-11)8(12)7(6)10(13)14/h1-2,4,12H,3H2. The molecular formula is C8H6FNO4. The van der Waals surface area contributed by atoms with Gasteiger partial charge in [-0.2, -0.15) is 4.39 Å². The number of phenolic OH excluding ortho intramolecular Hbond substituents is 1. The van der Waals surface area contributed by atoms with Crippen molar-refractivity contribution in [2.75, 3.05) is 0 Å². The van der Waals surface area contributed by atoms with Gasteiger partial charge < -0.3 is 9.90 Å². The average Bonchev–Trinajstić information content (AvgIpc) is 2.10. The summed E-state index contributed by atoms with van der Waals surface area (Å²) in [6.07, 6.45) is 0.281. The monoisotopic (exact) mass is 199 g/mol. The molecule has 74 valence electrons. The van der Waals surface area contributed by atoms with Crippen molar-refractivity contribution in [2.24, 2.45) is 0 Å². The van der Waals surface area contributed by atoms with Crippen LogP contribution in [0.25, 0.3) is 0 Å². The van der Waals surface area contributed by atoms with Crippen molar-refractivity contribution in [3.8, 4) is 5.75 Å². The van der Waals surface area contributed by atoms with Gasteiger partial charge in [0.2, 0.25) is 11.6 Å². The van der Waals surface area contributed by atoms with E-state index in [1.54, 1.807) is 0 Å². The molecule has 0 aliphatic heterocycles. The Hall–Kier alpha value is -1.98. The minimum absolute atomic E-state index is 0.0353. The lowest BCUT2D eigenvalue weighted by Gasteiger charge is -2.01. The highest BCUT2D eigenvalue weighted by molar-refractivity contribution is 5.61. The predicted octanol–water partition coefficient (Wildman–Crippen LogP) is 1.18. The van der Waals surface area contributed by atoms with Crippen LogP contribution in [0.15, 0.2) is 12.1 Å². The number of carbonyl (C=O) groups is 1. The fraction of sp³-hybridized carbons (Fsp3) is 0.125. The summed E-state index contributed by atoms with van der Waals surface area (Å²) in [6, 6.07) is 1.97. The number of hydrogen-bond donors (Lipinski definition) is 1. The van der Waals surface area contributed by atoms with Crippen molar-refractivity contribution in [3.63, 3.8) is 0 Å². The number of carbonyl (C=O) groups excluding carboxylic acids is 1. The molecule has 0 aromatic heterocycles. The van der Waals surface area contributed by atoms with Gasteiger partial charge in [-0.1, -0.05) is 6.07 Å². The first-order chi connectivity index (χ1) is 6.57. The third kappa shape index (κ3) is 1.68. The quantitative estimate of drug-likeness (QED) is 0.450. The Morgan fingerprint density at radius 2 is 2.21 bits per heavy atom. The Labute approximate surface area is 77.9 Å². The second-order valence-corrected chi connectivity index (χ2v) is 2.53. The van der Waals surface area contributed by atoms with E-state index in [1.165, 1.54) is 0 Å². The van der Waals surface area contributed by atoms with E-state index in [-0.39, 0.29) is 12.0 Å². The van der Waals surface area contributed by atoms with E-state index in [0.29, 0.717) is 6.29 Å². The van der Waals surface area contributed by atoms with Gasteiger partial charge in [0.1, 0.15) is 6.29 Å². The molecular weight excluding hydrogens is 193 g/mol. The van der Waals surface area contributed by atoms with Crippen LogP contribution in [0.4, 0.5) is 10.1 Å². The predicted molar refractivity (Wildman–Crippen MR) is 44.5 cm³/mol. The highest BCUT2D eigenvalue weighted by Crippen LogP contribution is 2.32. The Balaban J connectivity index is 3.32. The zero-order valence-electron chi connectivity index (χ0n) is 6.94. The number of hydrogen-bond acceptors (Lipinski definition) is 4. The molecule has 0 unspecified atom stereocenters. The van der Waals surface area contributed by atoms with Crippen molar-refractivity contribution in [1.29, 1.82) is 0 Å². The number of aldehydes is 1. The van der Waals surface area contributed by atoms with E-state index in [1.807, 2.05) is 0 Å². The maximum Gasteiger partial charge on any atom is 0.346 e. The molecule has 0 heterocycles. The third-order valence-electron chi connectivity index (χ3n) is 1.67. The Morgan fingerprint density at radius 1 is 1.57 bits per heavy atom. The van der Waals surface area contributed by atoms with Gasteiger partial charge in [0.25, 0.3) is 0 Å². The number of halogens is 1. The molecule has 14 heavy (non-hydrogen) atoms. The molecule has 0 aliphatic rings. The first-order valence-corrected chi connectivity index (χ1v) is 3.66. The molecule has 0 amide bonds. The van der Waals surface area contributed by atoms with Gasteiger partial charge in [-0.05, 0) is 6.07 Å². The SMILES string of the molecule is O=CCc1ccc(F)c([N+](=O)[O-])c1O. The number of nitro groups is 1. The molecule has 0 fully saturated rings. The summed E-state index contributed by atoms with van der Waals surface area (Å²) in [6.45, 7) is 0. The third-order valence-corrected chi connectivity index (χ3v) is 1.67. The van der Waals surface area contributed by atoms with Crippen molar-refractivity contribution in [2.45, 2.75) is 6.42 Å². The summed E-state index contributed by atoms with van der Waals surface area (Å²) in [5.74, 6) is -1.91. The van der Waals surface area contributed by atoms with Gasteiger partial charge in [0.15, 0.2) is 0 Å². The molecule has 0 aliphatic carbocycles. The van der Waals surface area contributed by atoms with Crippen LogP contribution < -0.4 is 0 Å². The molecule has 0 saturated carbocycles. The van der Waals surface area contributed by atoms with Crippen LogP contribution in [0.3, 0.4) is 0 Å². The van der Waals surface area contributed by atoms with Gasteiger partial charge in [0.05, 0.1) is 4.92 Å². The van der Waals surface area contributed by atoms with Gasteiger partial charge in [-0.15, -0.1) is 0 Å². The second-order valence-electron chi connectivity index (χ2n) is 2.53. The molecule has 0 atom stereocenters. The smallest absolute Gasteiger partial charge is 0.346 e. The molecule has 1 N–H and O–H groups in total. The Morgan fingerprint density at radius 3 is 2.71 bits per heavy atom. The van der Waals surface area contributed by atoms with Crippen molar-refractivity contribution in [1.82, 2.24) is 0 Å². The lowest BCUT2D eigenvalue weighted by atomic mass is 10.1. The van der Waals surface area contributed by atoms with Crippen molar-refractivity contribution < 1.29 is 19.2 Å². The summed E-state index contributed by atoms with van der Waals surface area (Å²) in [4.78, 5) is 19.4. The molecule has 0 spiro atoms. The van der Waals surface area contributed by atoms with Gasteiger partial charge in [-0.3, -0.25) is 10.1 Å². The fourth-order valence-electron chi connectivity index (χ4n) is 1.02. The molecule has 5 nitrogen and oxygen atoms in total. The average molecular weight is 199 g/mol. The highest BCUT2D eigenvalue weighted by Gasteiger charge is 2.22. The van der Waals surface area contributed by atoms with E-state index in [4.69, 9.17) is 0 Å². The Kier molecular flexibility index (Phi) is 2.76. The lowest BCUT2D eigenvalue weighted by molar-refractivity contribution is -0.388. The minimum Gasteiger partial charge on any atom is -0.502 e. The topological polar surface area (TPSA) is 80.4 Å². The van der Waals surface area contributed by atoms with Crippen molar-refractivity contribution >= 4 is 12.0 Å². The molecule has 1 rings (SSSR count). The van der Waals surface area contributed by atoms with E-state index < -0.39 is 22.2 Å². The van der Waals surface area contributed by atoms with Crippen LogP contribution in [0.5, 0.6) is 5.75 Å². The molecule has 1 aromatic carbocycles. The van der Waals surface area contributed by atoms with Crippen LogP contribution in [0.1, 0.15) is 5.56 Å². The van der Waals surface area contributed by atoms with Gasteiger partial charge in [0, 0.05) is 12.0 Å². The highest BCUT2D eigenvalue weighted by atomic mass is 19.1. The second kappa shape index (κ2) is 3.82. The van der Waals surface area contributed by atoms with E-state index in [0.717, 1.165) is 12.1 Å². The molecule has 6 heteroatoms. The Bertz CT molecular complexity index is 391. The largest absolute Gasteiger partial charge is 0.502 e. The molecule has 0 radical (unpaired) electrons. The van der Waals surface area contributed by atoms with Gasteiger partial charge >= 0.3 is 5.69 Å². The fourth-order valence-corrected chi connectivity index (χ4v) is 1.02. The summed E-state index contributed by atoms with van der Waals surface area (Å²) in [7, 11) is 0. The summed E-state index contributed by atoms with van der Waals surface area (Å²) >= 11 is 0. The summed E-state index contributed by atoms with van der Waals surface area (Å²) in [5.41, 5.74) is -0.961. The number of nitrogens with zero attached hydrogens (tertiary/aromatic N) is 1. The van der Waals surface area contributed by atoms with Crippen molar-refractivity contribution in [3.05, 3.63) is 33.6 Å². The molecule has 1 aromatic rings. The van der Waals surface area contributed by atoms with Gasteiger partial charge in [-0.25, -0.2) is 0 Å². The number of phenols is 1. The van der Waals surface area contributed by atoms with Crippen LogP contribution in [-0.2, 0) is 11.2 Å². The maximum atomic E-state index is 12.8. The zero-order valence-corrected chi connectivity index (χ0v) is 6.94. The van der Waals surface area contributed by atoms with E-state index in [9.17, 15) is 24.4 Å². The summed E-state index contributed by atoms with van der Waals surface area (Å²) in [5, 5.41) is 19.5. The van der Waals surface area contributed by atoms with Crippen LogP contribution in [0.2, 0.25) is 0 Å². The lowest BCUT2D eigenvalue weighted by Crippen LogP contribution is -1.96. The number of benzene rings is 1. The van der Waals surface area contributed by atoms with E-state index >= 15 is 0 Å². The molecule has 0 bridgehead atoms. The minimum atomic E-state index is -1.12. The first-order valence-electron chi connectivity index (χ1n) is 3.66. The number of nitro benzene ring substituents is 1. The normalized spacial score (nSPS) is 9.79. The van der Waals surface area contributed by atoms with Crippen LogP contribution in [0, 0.1) is 15.9 Å². The van der Waals surface area contributed by atoms with Crippen LogP contribution >= 0.6 is 0 Å². The number of rotatable bonds is 3. The first kappa shape index (κ1) is 10.1. The maximum absolute atomic E-state index is 12.8. The zero-order chi connectivity index (χ0) is 10.7. The molecule has 0 saturated heterocycles. The summed E-state index contributed by atoms with van der Waals surface area (Å²) < 4.78 is 12.8.